The number of carbonyl (C=O) groups excluding carboxylic acids is 1. The Morgan fingerprint density at radius 2 is 1.56 bits per heavy atom. The van der Waals surface area contributed by atoms with Crippen LogP contribution in [0.25, 0.3) is 0 Å². The molecule has 3 aromatic carbocycles. The smallest absolute Gasteiger partial charge is 0.261 e. The van der Waals surface area contributed by atoms with Gasteiger partial charge in [0, 0.05) is 11.4 Å². The number of sulfonamides is 1. The van der Waals surface area contributed by atoms with Gasteiger partial charge >= 0.3 is 0 Å². The highest BCUT2D eigenvalue weighted by molar-refractivity contribution is 7.92. The second-order valence-corrected chi connectivity index (χ2v) is 7.66. The molecule has 8 heteroatoms. The average Bonchev–Trinajstić information content (AvgIpc) is 2.64. The minimum atomic E-state index is -3.98. The maximum absolute atomic E-state index is 13.0. The van der Waals surface area contributed by atoms with Crippen molar-refractivity contribution in [1.82, 2.24) is 0 Å². The van der Waals surface area contributed by atoms with E-state index in [2.05, 4.69) is 10.0 Å². The Morgan fingerprint density at radius 3 is 2.22 bits per heavy atom. The predicted molar refractivity (Wildman–Crippen MR) is 103 cm³/mol. The number of rotatable bonds is 5. The van der Waals surface area contributed by atoms with Crippen LogP contribution in [0.1, 0.15) is 10.4 Å². The third kappa shape index (κ3) is 4.64. The lowest BCUT2D eigenvalue weighted by Crippen LogP contribution is -2.16. The molecule has 3 aromatic rings. The molecule has 27 heavy (non-hydrogen) atoms. The third-order valence-electron chi connectivity index (χ3n) is 3.62. The number of halogens is 2. The van der Waals surface area contributed by atoms with Crippen LogP contribution in [0.15, 0.2) is 77.7 Å². The van der Waals surface area contributed by atoms with Gasteiger partial charge in [0.2, 0.25) is 0 Å². The maximum Gasteiger partial charge on any atom is 0.261 e. The fourth-order valence-corrected chi connectivity index (χ4v) is 3.59. The fourth-order valence-electron chi connectivity index (χ4n) is 2.30. The van der Waals surface area contributed by atoms with Gasteiger partial charge < -0.3 is 5.32 Å². The molecule has 0 aliphatic rings. The van der Waals surface area contributed by atoms with Crippen molar-refractivity contribution in [3.63, 3.8) is 0 Å². The third-order valence-corrected chi connectivity index (χ3v) is 5.33. The first kappa shape index (κ1) is 18.9. The molecule has 0 aliphatic heterocycles. The van der Waals surface area contributed by atoms with E-state index < -0.39 is 21.7 Å². The van der Waals surface area contributed by atoms with Crippen LogP contribution in [0.5, 0.6) is 0 Å². The minimum Gasteiger partial charge on any atom is -0.322 e. The van der Waals surface area contributed by atoms with Crippen LogP contribution in [-0.2, 0) is 10.0 Å². The fraction of sp³-hybridized carbons (Fsp3) is 0. The zero-order valence-electron chi connectivity index (χ0n) is 13.8. The number of amides is 1. The molecular formula is C19H14ClFN2O3S. The number of para-hydroxylation sites is 1. The molecule has 0 aromatic heterocycles. The topological polar surface area (TPSA) is 75.3 Å². The van der Waals surface area contributed by atoms with Gasteiger partial charge in [-0.1, -0.05) is 29.8 Å². The van der Waals surface area contributed by atoms with Crippen molar-refractivity contribution in [3.05, 3.63) is 89.2 Å². The van der Waals surface area contributed by atoms with E-state index in [0.717, 1.165) is 12.1 Å². The summed E-state index contributed by atoms with van der Waals surface area (Å²) < 4.78 is 40.4. The molecule has 5 nitrogen and oxygen atoms in total. The van der Waals surface area contributed by atoms with Crippen LogP contribution in [0, 0.1) is 5.82 Å². The molecule has 0 saturated heterocycles. The molecular weight excluding hydrogens is 391 g/mol. The summed E-state index contributed by atoms with van der Waals surface area (Å²) in [4.78, 5) is 12.3. The highest BCUT2D eigenvalue weighted by Crippen LogP contribution is 2.23. The normalized spacial score (nSPS) is 11.0. The number of hydrogen-bond donors (Lipinski definition) is 2. The molecule has 0 bridgehead atoms. The Morgan fingerprint density at radius 1 is 0.889 bits per heavy atom. The zero-order chi connectivity index (χ0) is 19.4. The summed E-state index contributed by atoms with van der Waals surface area (Å²) in [6.45, 7) is 0. The molecule has 0 saturated carbocycles. The second-order valence-electron chi connectivity index (χ2n) is 5.57. The quantitative estimate of drug-likeness (QED) is 0.655. The summed E-state index contributed by atoms with van der Waals surface area (Å²) in [7, 11) is -3.98. The largest absolute Gasteiger partial charge is 0.322 e. The van der Waals surface area contributed by atoms with Gasteiger partial charge in [0.25, 0.3) is 15.9 Å². The summed E-state index contributed by atoms with van der Waals surface area (Å²) in [5, 5.41) is 2.77. The van der Waals surface area contributed by atoms with Crippen molar-refractivity contribution >= 4 is 38.9 Å². The van der Waals surface area contributed by atoms with Crippen molar-refractivity contribution in [2.75, 3.05) is 10.0 Å². The standard InChI is InChI=1S/C19H14ClFN2O3S/c20-18-11-10-16(27(25,26)23-15-8-6-13(21)7-9-15)12-17(18)19(24)22-14-4-2-1-3-5-14/h1-12,23H,(H,22,24). The van der Waals surface area contributed by atoms with Gasteiger partial charge in [-0.05, 0) is 54.6 Å². The van der Waals surface area contributed by atoms with E-state index in [1.54, 1.807) is 30.3 Å². The van der Waals surface area contributed by atoms with Crippen molar-refractivity contribution < 1.29 is 17.6 Å². The molecule has 0 atom stereocenters. The zero-order valence-corrected chi connectivity index (χ0v) is 15.4. The van der Waals surface area contributed by atoms with E-state index in [4.69, 9.17) is 11.6 Å². The molecule has 0 unspecified atom stereocenters. The van der Waals surface area contributed by atoms with E-state index in [-0.39, 0.29) is 21.2 Å². The Kier molecular flexibility index (Phi) is 5.43. The van der Waals surface area contributed by atoms with Gasteiger partial charge in [0.15, 0.2) is 0 Å². The lowest BCUT2D eigenvalue weighted by molar-refractivity contribution is 0.102. The van der Waals surface area contributed by atoms with Crippen LogP contribution in [-0.4, -0.2) is 14.3 Å². The SMILES string of the molecule is O=C(Nc1ccccc1)c1cc(S(=O)(=O)Nc2ccc(F)cc2)ccc1Cl. The van der Waals surface area contributed by atoms with E-state index in [1.807, 2.05) is 0 Å². The van der Waals surface area contributed by atoms with Gasteiger partial charge in [-0.3, -0.25) is 9.52 Å². The lowest BCUT2D eigenvalue weighted by Gasteiger charge is -2.11. The van der Waals surface area contributed by atoms with Gasteiger partial charge in [0.05, 0.1) is 15.5 Å². The monoisotopic (exact) mass is 404 g/mol. The molecule has 138 valence electrons. The van der Waals surface area contributed by atoms with Gasteiger partial charge in [-0.15, -0.1) is 0 Å². The summed E-state index contributed by atoms with van der Waals surface area (Å²) in [6.07, 6.45) is 0. The predicted octanol–water partition coefficient (Wildman–Crippen LogP) is 4.53. The first-order chi connectivity index (χ1) is 12.8. The highest BCUT2D eigenvalue weighted by atomic mass is 35.5. The van der Waals surface area contributed by atoms with Gasteiger partial charge in [-0.2, -0.15) is 0 Å². The second kappa shape index (κ2) is 7.77. The van der Waals surface area contributed by atoms with Crippen molar-refractivity contribution in [2.45, 2.75) is 4.90 Å². The first-order valence-corrected chi connectivity index (χ1v) is 9.65. The Labute approximate surface area is 160 Å². The number of nitrogens with one attached hydrogen (secondary N) is 2. The molecule has 1 amide bonds. The van der Waals surface area contributed by atoms with E-state index in [1.165, 1.54) is 30.3 Å². The molecule has 0 spiro atoms. The summed E-state index contributed by atoms with van der Waals surface area (Å²) in [5.41, 5.74) is 0.764. The summed E-state index contributed by atoms with van der Waals surface area (Å²) in [6, 6.07) is 17.4. The Balaban J connectivity index is 1.87. The van der Waals surface area contributed by atoms with Crippen LogP contribution in [0.4, 0.5) is 15.8 Å². The van der Waals surface area contributed by atoms with E-state index >= 15 is 0 Å². The Hall–Kier alpha value is -2.90. The molecule has 0 radical (unpaired) electrons. The van der Waals surface area contributed by atoms with Crippen LogP contribution >= 0.6 is 11.6 Å². The average molecular weight is 405 g/mol. The molecule has 0 heterocycles. The van der Waals surface area contributed by atoms with Crippen LogP contribution < -0.4 is 10.0 Å². The van der Waals surface area contributed by atoms with Crippen LogP contribution in [0.2, 0.25) is 5.02 Å². The number of carbonyl (C=O) groups is 1. The van der Waals surface area contributed by atoms with Crippen molar-refractivity contribution in [1.29, 1.82) is 0 Å². The van der Waals surface area contributed by atoms with Gasteiger partial charge in [0.1, 0.15) is 5.82 Å². The minimum absolute atomic E-state index is 0.0162. The highest BCUT2D eigenvalue weighted by Gasteiger charge is 2.19. The number of hydrogen-bond acceptors (Lipinski definition) is 3. The maximum atomic E-state index is 13.0. The van der Waals surface area contributed by atoms with Gasteiger partial charge in [-0.25, -0.2) is 12.8 Å². The van der Waals surface area contributed by atoms with E-state index in [0.29, 0.717) is 5.69 Å². The first-order valence-electron chi connectivity index (χ1n) is 7.79. The van der Waals surface area contributed by atoms with Crippen molar-refractivity contribution in [2.24, 2.45) is 0 Å². The van der Waals surface area contributed by atoms with E-state index in [9.17, 15) is 17.6 Å². The Bertz CT molecular complexity index is 1070. The lowest BCUT2D eigenvalue weighted by atomic mass is 10.2. The summed E-state index contributed by atoms with van der Waals surface area (Å²) in [5.74, 6) is -1.02. The molecule has 0 fully saturated rings. The van der Waals surface area contributed by atoms with Crippen molar-refractivity contribution in [3.8, 4) is 0 Å². The molecule has 2 N–H and O–H groups in total. The van der Waals surface area contributed by atoms with Crippen LogP contribution in [0.3, 0.4) is 0 Å². The number of benzene rings is 3. The molecule has 0 aliphatic carbocycles. The summed E-state index contributed by atoms with van der Waals surface area (Å²) >= 11 is 6.07. The number of anilines is 2. The molecule has 3 rings (SSSR count).